The van der Waals surface area contributed by atoms with Crippen molar-refractivity contribution in [3.63, 3.8) is 0 Å². The van der Waals surface area contributed by atoms with Crippen LogP contribution in [0.2, 0.25) is 0 Å². The second kappa shape index (κ2) is 11.4. The summed E-state index contributed by atoms with van der Waals surface area (Å²) in [5, 5.41) is 23.8. The lowest BCUT2D eigenvalue weighted by atomic mass is 9.77. The van der Waals surface area contributed by atoms with Crippen molar-refractivity contribution >= 4 is 5.57 Å². The number of tetrazole rings is 1. The number of aromatic nitrogens is 4. The fraction of sp³-hybridized carbons (Fsp3) is 0.267. The summed E-state index contributed by atoms with van der Waals surface area (Å²) in [4.78, 5) is 1.67. The third kappa shape index (κ3) is 4.93. The molecule has 0 saturated carbocycles. The summed E-state index contributed by atoms with van der Waals surface area (Å²) < 4.78 is 0. The van der Waals surface area contributed by atoms with E-state index in [0.29, 0.717) is 17.3 Å². The van der Waals surface area contributed by atoms with Crippen LogP contribution in [0, 0.1) is 17.2 Å². The van der Waals surface area contributed by atoms with Crippen LogP contribution in [0.1, 0.15) is 62.0 Å². The average Bonchev–Trinajstić information content (AvgIpc) is 3.40. The van der Waals surface area contributed by atoms with E-state index in [0.717, 1.165) is 42.4 Å². The predicted octanol–water partition coefficient (Wildman–Crippen LogP) is 6.64. The first-order valence-corrected chi connectivity index (χ1v) is 12.3. The Kier molecular flexibility index (Phi) is 7.84. The fourth-order valence-corrected chi connectivity index (χ4v) is 4.80. The second-order valence-electron chi connectivity index (χ2n) is 8.74. The van der Waals surface area contributed by atoms with Gasteiger partial charge in [-0.2, -0.15) is 5.26 Å². The van der Waals surface area contributed by atoms with Crippen LogP contribution in [-0.2, 0) is 5.54 Å². The highest BCUT2D eigenvalue weighted by Crippen LogP contribution is 2.39. The molecule has 0 bridgehead atoms. The third-order valence-corrected chi connectivity index (χ3v) is 6.37. The SMILES string of the molecule is CCCC(C=C(C#N)c1nnn(C(c2ccccc2)(c2ccccc2)c2ccccc2)n1)CCC. The van der Waals surface area contributed by atoms with E-state index in [2.05, 4.69) is 66.6 Å². The van der Waals surface area contributed by atoms with Crippen LogP contribution in [0.15, 0.2) is 97.1 Å². The molecule has 176 valence electrons. The van der Waals surface area contributed by atoms with E-state index in [1.165, 1.54) is 0 Å². The van der Waals surface area contributed by atoms with Crippen molar-refractivity contribution in [1.29, 1.82) is 5.26 Å². The van der Waals surface area contributed by atoms with Gasteiger partial charge in [-0.25, -0.2) is 0 Å². The van der Waals surface area contributed by atoms with E-state index in [-0.39, 0.29) is 0 Å². The molecule has 0 saturated heterocycles. The van der Waals surface area contributed by atoms with Gasteiger partial charge in [0.05, 0.1) is 5.57 Å². The molecule has 0 radical (unpaired) electrons. The maximum Gasteiger partial charge on any atom is 0.215 e. The smallest absolute Gasteiger partial charge is 0.192 e. The molecular formula is C30H31N5. The number of nitrogens with zero attached hydrogens (tertiary/aromatic N) is 5. The number of rotatable bonds is 10. The third-order valence-electron chi connectivity index (χ3n) is 6.37. The second-order valence-corrected chi connectivity index (χ2v) is 8.74. The zero-order chi connectivity index (χ0) is 24.5. The summed E-state index contributed by atoms with van der Waals surface area (Å²) in [5.41, 5.74) is 2.67. The van der Waals surface area contributed by atoms with Crippen molar-refractivity contribution in [2.24, 2.45) is 5.92 Å². The largest absolute Gasteiger partial charge is 0.215 e. The normalized spacial score (nSPS) is 12.0. The molecule has 0 aliphatic heterocycles. The molecule has 5 heteroatoms. The molecule has 0 N–H and O–H groups in total. The first kappa shape index (κ1) is 24.1. The zero-order valence-corrected chi connectivity index (χ0v) is 20.4. The topological polar surface area (TPSA) is 67.4 Å². The van der Waals surface area contributed by atoms with E-state index >= 15 is 0 Å². The first-order chi connectivity index (χ1) is 17.2. The van der Waals surface area contributed by atoms with Gasteiger partial charge in [0, 0.05) is 0 Å². The summed E-state index contributed by atoms with van der Waals surface area (Å²) in [7, 11) is 0. The molecular weight excluding hydrogens is 430 g/mol. The van der Waals surface area contributed by atoms with Crippen molar-refractivity contribution < 1.29 is 0 Å². The molecule has 4 rings (SSSR count). The van der Waals surface area contributed by atoms with Crippen LogP contribution in [0.4, 0.5) is 0 Å². The highest BCUT2D eigenvalue weighted by molar-refractivity contribution is 5.72. The highest BCUT2D eigenvalue weighted by Gasteiger charge is 2.41. The van der Waals surface area contributed by atoms with Gasteiger partial charge in [-0.05, 0) is 40.7 Å². The predicted molar refractivity (Wildman–Crippen MR) is 139 cm³/mol. The van der Waals surface area contributed by atoms with Crippen molar-refractivity contribution in [1.82, 2.24) is 20.2 Å². The Balaban J connectivity index is 1.94. The maximum atomic E-state index is 9.99. The zero-order valence-electron chi connectivity index (χ0n) is 20.4. The monoisotopic (exact) mass is 461 g/mol. The van der Waals surface area contributed by atoms with Crippen LogP contribution in [0.3, 0.4) is 0 Å². The summed E-state index contributed by atoms with van der Waals surface area (Å²) in [6.07, 6.45) is 6.24. The Bertz CT molecular complexity index is 1170. The Morgan fingerprint density at radius 2 is 1.29 bits per heavy atom. The molecule has 3 aromatic carbocycles. The molecule has 4 aromatic rings. The average molecular weight is 462 g/mol. The number of hydrogen-bond donors (Lipinski definition) is 0. The minimum Gasteiger partial charge on any atom is -0.192 e. The van der Waals surface area contributed by atoms with Gasteiger partial charge >= 0.3 is 0 Å². The molecule has 1 aromatic heterocycles. The molecule has 0 unspecified atom stereocenters. The molecule has 0 fully saturated rings. The number of hydrogen-bond acceptors (Lipinski definition) is 4. The van der Waals surface area contributed by atoms with Gasteiger partial charge in [-0.15, -0.1) is 15.0 Å². The van der Waals surface area contributed by atoms with Crippen molar-refractivity contribution in [3.05, 3.63) is 120 Å². The minimum atomic E-state index is -0.845. The fourth-order valence-electron chi connectivity index (χ4n) is 4.80. The standard InChI is InChI=1S/C30H31N5/c1-3-14-24(15-4-2)22-25(23-31)29-32-34-35(33-29)30(26-16-8-5-9-17-26,27-18-10-6-11-19-27)28-20-12-7-13-21-28/h5-13,16-22,24H,3-4,14-15H2,1-2H3. The van der Waals surface area contributed by atoms with Gasteiger partial charge in [0.2, 0.25) is 5.82 Å². The van der Waals surface area contributed by atoms with Gasteiger partial charge < -0.3 is 0 Å². The molecule has 0 aliphatic carbocycles. The van der Waals surface area contributed by atoms with Crippen molar-refractivity contribution in [2.45, 2.75) is 45.1 Å². The Hall–Kier alpha value is -4.04. The minimum absolute atomic E-state index is 0.328. The van der Waals surface area contributed by atoms with Gasteiger partial charge in [-0.1, -0.05) is 124 Å². The quantitative estimate of drug-likeness (QED) is 0.196. The molecule has 35 heavy (non-hydrogen) atoms. The number of benzene rings is 3. The van der Waals surface area contributed by atoms with Crippen LogP contribution >= 0.6 is 0 Å². The molecule has 1 heterocycles. The van der Waals surface area contributed by atoms with E-state index in [4.69, 9.17) is 5.10 Å². The summed E-state index contributed by atoms with van der Waals surface area (Å²) in [6.45, 7) is 4.34. The lowest BCUT2D eigenvalue weighted by Gasteiger charge is -2.34. The lowest BCUT2D eigenvalue weighted by Crippen LogP contribution is -2.39. The molecule has 0 amide bonds. The molecule has 0 spiro atoms. The lowest BCUT2D eigenvalue weighted by molar-refractivity contribution is 0.395. The van der Waals surface area contributed by atoms with E-state index in [1.807, 2.05) is 60.7 Å². The van der Waals surface area contributed by atoms with Crippen LogP contribution in [-0.4, -0.2) is 20.2 Å². The summed E-state index contributed by atoms with van der Waals surface area (Å²) >= 11 is 0. The molecule has 0 atom stereocenters. The van der Waals surface area contributed by atoms with Gasteiger partial charge in [0.15, 0.2) is 5.54 Å². The van der Waals surface area contributed by atoms with E-state index in [9.17, 15) is 5.26 Å². The van der Waals surface area contributed by atoms with Crippen LogP contribution in [0.5, 0.6) is 0 Å². The number of nitriles is 1. The summed E-state index contributed by atoms with van der Waals surface area (Å²) in [6, 6.07) is 33.0. The van der Waals surface area contributed by atoms with Gasteiger partial charge in [-0.3, -0.25) is 0 Å². The molecule has 0 aliphatic rings. The van der Waals surface area contributed by atoms with Crippen molar-refractivity contribution in [3.8, 4) is 6.07 Å². The Morgan fingerprint density at radius 1 is 0.829 bits per heavy atom. The van der Waals surface area contributed by atoms with E-state index < -0.39 is 5.54 Å². The van der Waals surface area contributed by atoms with Crippen LogP contribution < -0.4 is 0 Å². The maximum absolute atomic E-state index is 9.99. The first-order valence-electron chi connectivity index (χ1n) is 12.3. The van der Waals surface area contributed by atoms with Gasteiger partial charge in [0.25, 0.3) is 0 Å². The number of allylic oxidation sites excluding steroid dienone is 2. The highest BCUT2D eigenvalue weighted by atomic mass is 15.6. The van der Waals surface area contributed by atoms with Crippen LogP contribution in [0.25, 0.3) is 5.57 Å². The van der Waals surface area contributed by atoms with Crippen molar-refractivity contribution in [2.75, 3.05) is 0 Å². The van der Waals surface area contributed by atoms with Gasteiger partial charge in [0.1, 0.15) is 6.07 Å². The Labute approximate surface area is 207 Å². The summed E-state index contributed by atoms with van der Waals surface area (Å²) in [5.74, 6) is 0.686. The Morgan fingerprint density at radius 3 is 1.69 bits per heavy atom. The van der Waals surface area contributed by atoms with E-state index in [1.54, 1.807) is 4.80 Å². The molecule has 5 nitrogen and oxygen atoms in total.